The van der Waals surface area contributed by atoms with Gasteiger partial charge in [0.2, 0.25) is 5.91 Å². The van der Waals surface area contributed by atoms with Gasteiger partial charge in [-0.2, -0.15) is 0 Å². The number of carbonyl (C=O) groups is 2. The van der Waals surface area contributed by atoms with Crippen molar-refractivity contribution in [3.63, 3.8) is 0 Å². The van der Waals surface area contributed by atoms with Gasteiger partial charge in [0.05, 0.1) is 0 Å². The van der Waals surface area contributed by atoms with Crippen molar-refractivity contribution < 1.29 is 9.59 Å². The minimum Gasteiger partial charge on any atom is -0.367 e. The number of hydrogen-bond acceptors (Lipinski definition) is 3. The van der Waals surface area contributed by atoms with Gasteiger partial charge in [-0.05, 0) is 12.3 Å². The van der Waals surface area contributed by atoms with Crippen molar-refractivity contribution in [2.75, 3.05) is 7.05 Å². The van der Waals surface area contributed by atoms with Gasteiger partial charge in [-0.1, -0.05) is 13.8 Å². The number of rotatable bonds is 3. The number of nitrogens with zero attached hydrogens (tertiary/aromatic N) is 1. The Hall–Kier alpha value is -1.52. The lowest BCUT2D eigenvalue weighted by Gasteiger charge is -2.34. The quantitative estimate of drug-likeness (QED) is 0.634. The molecule has 0 fully saturated rings. The molecular formula is C10H17N3O2. The third kappa shape index (κ3) is 2.11. The lowest BCUT2D eigenvalue weighted by molar-refractivity contribution is -0.134. The fourth-order valence-corrected chi connectivity index (χ4v) is 1.67. The van der Waals surface area contributed by atoms with Gasteiger partial charge in [-0.25, -0.2) is 0 Å². The largest absolute Gasteiger partial charge is 0.367 e. The van der Waals surface area contributed by atoms with Crippen molar-refractivity contribution in [1.29, 1.82) is 0 Å². The van der Waals surface area contributed by atoms with Crippen molar-refractivity contribution in [3.8, 4) is 0 Å². The van der Waals surface area contributed by atoms with Crippen molar-refractivity contribution in [1.82, 2.24) is 10.2 Å². The number of carbonyl (C=O) groups excluding carboxylic acids is 2. The van der Waals surface area contributed by atoms with E-state index in [1.54, 1.807) is 18.1 Å². The van der Waals surface area contributed by atoms with Gasteiger partial charge in [0.25, 0.3) is 5.91 Å². The first-order chi connectivity index (χ1) is 6.99. The van der Waals surface area contributed by atoms with Crippen LogP contribution in [0.1, 0.15) is 20.3 Å². The molecule has 0 bridgehead atoms. The summed E-state index contributed by atoms with van der Waals surface area (Å²) in [4.78, 5) is 24.2. The van der Waals surface area contributed by atoms with Gasteiger partial charge in [0, 0.05) is 18.9 Å². The van der Waals surface area contributed by atoms with E-state index in [4.69, 9.17) is 5.73 Å². The summed E-state index contributed by atoms with van der Waals surface area (Å²) in [6.07, 6.45) is 2.59. The third-order valence-corrected chi connectivity index (χ3v) is 2.79. The predicted octanol–water partition coefficient (Wildman–Crippen LogP) is -0.211. The zero-order valence-electron chi connectivity index (χ0n) is 9.28. The lowest BCUT2D eigenvalue weighted by atomic mass is 10.0. The Labute approximate surface area is 89.3 Å². The van der Waals surface area contributed by atoms with Crippen LogP contribution in [0.25, 0.3) is 0 Å². The highest BCUT2D eigenvalue weighted by Gasteiger charge is 2.34. The number of primary amides is 1. The van der Waals surface area contributed by atoms with Gasteiger partial charge in [0.1, 0.15) is 0 Å². The molecular weight excluding hydrogens is 194 g/mol. The van der Waals surface area contributed by atoms with Crippen molar-refractivity contribution in [2.45, 2.75) is 26.3 Å². The highest BCUT2D eigenvalue weighted by Crippen LogP contribution is 2.21. The fourth-order valence-electron chi connectivity index (χ4n) is 1.67. The molecule has 1 rings (SSSR count). The van der Waals surface area contributed by atoms with Gasteiger partial charge in [0.15, 0.2) is 6.04 Å². The van der Waals surface area contributed by atoms with Crippen molar-refractivity contribution in [3.05, 3.63) is 11.9 Å². The molecule has 0 aromatic carbocycles. The molecule has 5 nitrogen and oxygen atoms in total. The Morgan fingerprint density at radius 2 is 2.33 bits per heavy atom. The van der Waals surface area contributed by atoms with E-state index in [0.29, 0.717) is 0 Å². The molecule has 0 radical (unpaired) electrons. The molecule has 0 aliphatic carbocycles. The van der Waals surface area contributed by atoms with Crippen LogP contribution in [0.3, 0.4) is 0 Å². The summed E-state index contributed by atoms with van der Waals surface area (Å²) in [6, 6.07) is -0.890. The Balaban J connectivity index is 2.95. The molecule has 84 valence electrons. The Morgan fingerprint density at radius 3 is 2.80 bits per heavy atom. The smallest absolute Gasteiger partial charge is 0.256 e. The number of allylic oxidation sites excluding steroid dienone is 1. The van der Waals surface area contributed by atoms with Gasteiger partial charge < -0.3 is 16.0 Å². The number of amides is 2. The topological polar surface area (TPSA) is 75.4 Å². The van der Waals surface area contributed by atoms with E-state index in [9.17, 15) is 9.59 Å². The zero-order valence-corrected chi connectivity index (χ0v) is 9.28. The standard InChI is InChI=1S/C10H17N3O2/c1-4-6(2)7-5-12-10(15)8(9(11)14)13(7)3/h5-6,8H,4H2,1-3H3,(H2,11,14)(H,12,15). The van der Waals surface area contributed by atoms with Gasteiger partial charge in [-0.3, -0.25) is 9.59 Å². The molecule has 0 aromatic rings. The second-order valence-electron chi connectivity index (χ2n) is 3.80. The minimum absolute atomic E-state index is 0.289. The van der Waals surface area contributed by atoms with Crippen LogP contribution in [-0.4, -0.2) is 29.8 Å². The monoisotopic (exact) mass is 211 g/mol. The molecule has 2 atom stereocenters. The summed E-state index contributed by atoms with van der Waals surface area (Å²) in [6.45, 7) is 4.09. The summed E-state index contributed by atoms with van der Waals surface area (Å²) in [5, 5.41) is 2.57. The summed E-state index contributed by atoms with van der Waals surface area (Å²) < 4.78 is 0. The molecule has 3 N–H and O–H groups in total. The molecule has 1 aliphatic heterocycles. The molecule has 0 spiro atoms. The van der Waals surface area contributed by atoms with Crippen LogP contribution in [0.15, 0.2) is 11.9 Å². The van der Waals surface area contributed by atoms with Crippen LogP contribution in [0.5, 0.6) is 0 Å². The molecule has 2 amide bonds. The van der Waals surface area contributed by atoms with E-state index in [0.717, 1.165) is 12.1 Å². The molecule has 0 saturated heterocycles. The number of nitrogens with two attached hydrogens (primary N) is 1. The minimum atomic E-state index is -0.890. The maximum absolute atomic E-state index is 11.4. The van der Waals surface area contributed by atoms with E-state index in [-0.39, 0.29) is 11.8 Å². The molecule has 0 saturated carbocycles. The summed E-state index contributed by atoms with van der Waals surface area (Å²) in [5.41, 5.74) is 6.11. The highest BCUT2D eigenvalue weighted by atomic mass is 16.2. The second-order valence-corrected chi connectivity index (χ2v) is 3.80. The highest BCUT2D eigenvalue weighted by molar-refractivity contribution is 6.04. The van der Waals surface area contributed by atoms with Crippen LogP contribution in [0, 0.1) is 5.92 Å². The summed E-state index contributed by atoms with van der Waals surface area (Å²) in [5.74, 6) is -0.696. The van der Waals surface area contributed by atoms with Crippen LogP contribution in [0.2, 0.25) is 0 Å². The first-order valence-electron chi connectivity index (χ1n) is 5.01. The van der Waals surface area contributed by atoms with E-state index in [1.165, 1.54) is 0 Å². The van der Waals surface area contributed by atoms with Gasteiger partial charge >= 0.3 is 0 Å². The molecule has 1 aliphatic rings. The average Bonchev–Trinajstić information content (AvgIpc) is 2.16. The SMILES string of the molecule is CCC(C)C1=CNC(=O)C(C(N)=O)N1C. The maximum atomic E-state index is 11.4. The van der Waals surface area contributed by atoms with Crippen molar-refractivity contribution in [2.24, 2.45) is 11.7 Å². The third-order valence-electron chi connectivity index (χ3n) is 2.79. The van der Waals surface area contributed by atoms with E-state index in [2.05, 4.69) is 12.2 Å². The molecule has 2 unspecified atom stereocenters. The number of hydrogen-bond donors (Lipinski definition) is 2. The summed E-state index contributed by atoms with van der Waals surface area (Å²) >= 11 is 0. The lowest BCUT2D eigenvalue weighted by Crippen LogP contribution is -2.55. The fraction of sp³-hybridized carbons (Fsp3) is 0.600. The van der Waals surface area contributed by atoms with E-state index >= 15 is 0 Å². The first-order valence-corrected chi connectivity index (χ1v) is 5.01. The van der Waals surface area contributed by atoms with E-state index in [1.807, 2.05) is 6.92 Å². The Morgan fingerprint density at radius 1 is 1.73 bits per heavy atom. The van der Waals surface area contributed by atoms with Crippen LogP contribution < -0.4 is 11.1 Å². The van der Waals surface area contributed by atoms with Crippen LogP contribution in [0.4, 0.5) is 0 Å². The predicted molar refractivity (Wildman–Crippen MR) is 56.4 cm³/mol. The molecule has 1 heterocycles. The zero-order chi connectivity index (χ0) is 11.6. The second kappa shape index (κ2) is 4.33. The molecule has 0 aromatic heterocycles. The number of nitrogens with one attached hydrogen (secondary N) is 1. The normalized spacial score (nSPS) is 23.1. The maximum Gasteiger partial charge on any atom is 0.256 e. The Bertz CT molecular complexity index is 312. The van der Waals surface area contributed by atoms with Crippen LogP contribution >= 0.6 is 0 Å². The van der Waals surface area contributed by atoms with E-state index < -0.39 is 11.9 Å². The first kappa shape index (κ1) is 11.6. The molecule has 15 heavy (non-hydrogen) atoms. The van der Waals surface area contributed by atoms with Crippen LogP contribution in [-0.2, 0) is 9.59 Å². The number of likely N-dealkylation sites (N-methyl/N-ethyl adjacent to an activating group) is 1. The van der Waals surface area contributed by atoms with Crippen molar-refractivity contribution >= 4 is 11.8 Å². The Kier molecular flexibility index (Phi) is 3.34. The molecule has 5 heteroatoms. The average molecular weight is 211 g/mol. The van der Waals surface area contributed by atoms with Gasteiger partial charge in [-0.15, -0.1) is 0 Å². The summed E-state index contributed by atoms with van der Waals surface area (Å²) in [7, 11) is 1.71.